The van der Waals surface area contributed by atoms with Crippen molar-refractivity contribution in [3.05, 3.63) is 35.4 Å². The largest absolute Gasteiger partial charge is 0.345 e. The van der Waals surface area contributed by atoms with Crippen molar-refractivity contribution in [3.8, 4) is 0 Å². The van der Waals surface area contributed by atoms with Gasteiger partial charge in [-0.2, -0.15) is 0 Å². The van der Waals surface area contributed by atoms with Gasteiger partial charge >= 0.3 is 0 Å². The van der Waals surface area contributed by atoms with E-state index in [9.17, 15) is 4.79 Å². The molecule has 0 spiro atoms. The van der Waals surface area contributed by atoms with Gasteiger partial charge in [0, 0.05) is 11.4 Å². The third kappa shape index (κ3) is 4.00. The maximum atomic E-state index is 12.5. The second-order valence-electron chi connectivity index (χ2n) is 6.85. The van der Waals surface area contributed by atoms with Gasteiger partial charge in [0.1, 0.15) is 0 Å². The Morgan fingerprint density at radius 3 is 2.57 bits per heavy atom. The molecule has 0 saturated heterocycles. The summed E-state index contributed by atoms with van der Waals surface area (Å²) in [5, 5.41) is 3.21. The quantitative estimate of drug-likeness (QED) is 0.801. The molecule has 1 fully saturated rings. The van der Waals surface area contributed by atoms with Crippen LogP contribution in [0.2, 0.25) is 0 Å². The maximum absolute atomic E-state index is 12.5. The van der Waals surface area contributed by atoms with Gasteiger partial charge in [-0.1, -0.05) is 45.7 Å². The molecule has 0 bridgehead atoms. The molecule has 1 N–H and O–H groups in total. The van der Waals surface area contributed by atoms with Gasteiger partial charge < -0.3 is 5.32 Å². The van der Waals surface area contributed by atoms with Crippen LogP contribution in [0.5, 0.6) is 0 Å². The Kier molecular flexibility index (Phi) is 5.32. The van der Waals surface area contributed by atoms with E-state index in [1.165, 1.54) is 12.0 Å². The number of benzene rings is 1. The molecule has 2 nitrogen and oxygen atoms in total. The number of hydrogen-bond donors (Lipinski definition) is 1. The number of rotatable bonds is 4. The zero-order valence-corrected chi connectivity index (χ0v) is 14.0. The van der Waals surface area contributed by atoms with E-state index >= 15 is 0 Å². The van der Waals surface area contributed by atoms with Gasteiger partial charge in [0.2, 0.25) is 0 Å². The summed E-state index contributed by atoms with van der Waals surface area (Å²) in [6.07, 6.45) is 4.33. The van der Waals surface area contributed by atoms with Gasteiger partial charge in [-0.25, -0.2) is 0 Å². The summed E-state index contributed by atoms with van der Waals surface area (Å²) in [6.45, 7) is 6.55. The molecule has 3 heteroatoms. The Labute approximate surface area is 133 Å². The monoisotopic (exact) mass is 307 g/mol. The van der Waals surface area contributed by atoms with Gasteiger partial charge in [-0.3, -0.25) is 4.79 Å². The minimum absolute atomic E-state index is 0.0000520. The van der Waals surface area contributed by atoms with Crippen molar-refractivity contribution in [3.63, 3.8) is 0 Å². The third-order valence-electron chi connectivity index (χ3n) is 4.57. The molecule has 1 aromatic rings. The topological polar surface area (TPSA) is 29.1 Å². The van der Waals surface area contributed by atoms with E-state index in [2.05, 4.69) is 26.1 Å². The fourth-order valence-corrected chi connectivity index (χ4v) is 3.57. The summed E-state index contributed by atoms with van der Waals surface area (Å²) >= 11 is 6.19. The second kappa shape index (κ2) is 6.83. The summed E-state index contributed by atoms with van der Waals surface area (Å²) in [5.74, 6) is 1.60. The van der Waals surface area contributed by atoms with Gasteiger partial charge in [0.15, 0.2) is 0 Å². The molecule has 1 aliphatic carbocycles. The molecule has 0 aromatic heterocycles. The maximum Gasteiger partial charge on any atom is 0.251 e. The van der Waals surface area contributed by atoms with Gasteiger partial charge in [-0.15, -0.1) is 11.6 Å². The third-order valence-corrected chi connectivity index (χ3v) is 5.08. The van der Waals surface area contributed by atoms with E-state index in [-0.39, 0.29) is 11.4 Å². The standard InChI is InChI=1S/C18H26ClNO/c1-13(2)15-6-8-16(9-7-15)17(21)20-18(12-19)10-4-5-14(3)11-18/h6-9,13-14H,4-5,10-12H2,1-3H3,(H,20,21). The van der Waals surface area contributed by atoms with Crippen LogP contribution in [-0.2, 0) is 0 Å². The number of carbonyl (C=O) groups is 1. The van der Waals surface area contributed by atoms with Crippen LogP contribution < -0.4 is 5.32 Å². The summed E-state index contributed by atoms with van der Waals surface area (Å²) in [7, 11) is 0. The van der Waals surface area contributed by atoms with E-state index in [0.717, 1.165) is 24.8 Å². The van der Waals surface area contributed by atoms with E-state index < -0.39 is 0 Å². The van der Waals surface area contributed by atoms with Crippen LogP contribution in [-0.4, -0.2) is 17.3 Å². The lowest BCUT2D eigenvalue weighted by atomic mass is 9.77. The molecular weight excluding hydrogens is 282 g/mol. The lowest BCUT2D eigenvalue weighted by Crippen LogP contribution is -2.52. The predicted molar refractivity (Wildman–Crippen MR) is 89.1 cm³/mol. The van der Waals surface area contributed by atoms with E-state index in [4.69, 9.17) is 11.6 Å². The molecule has 2 rings (SSSR count). The fraction of sp³-hybridized carbons (Fsp3) is 0.611. The van der Waals surface area contributed by atoms with E-state index in [1.807, 2.05) is 24.3 Å². The Morgan fingerprint density at radius 1 is 1.38 bits per heavy atom. The van der Waals surface area contributed by atoms with Gasteiger partial charge in [-0.05, 0) is 42.4 Å². The highest BCUT2D eigenvalue weighted by Crippen LogP contribution is 2.33. The average molecular weight is 308 g/mol. The molecule has 1 amide bonds. The van der Waals surface area contributed by atoms with Crippen molar-refractivity contribution >= 4 is 17.5 Å². The molecule has 1 saturated carbocycles. The highest BCUT2D eigenvalue weighted by molar-refractivity contribution is 6.19. The van der Waals surface area contributed by atoms with Crippen LogP contribution in [0.1, 0.15) is 68.3 Å². The lowest BCUT2D eigenvalue weighted by molar-refractivity contribution is 0.0867. The molecule has 1 aliphatic rings. The highest BCUT2D eigenvalue weighted by atomic mass is 35.5. The summed E-state index contributed by atoms with van der Waals surface area (Å²) in [5.41, 5.74) is 1.75. The van der Waals surface area contributed by atoms with E-state index in [1.54, 1.807) is 0 Å². The molecule has 2 atom stereocenters. The van der Waals surface area contributed by atoms with Crippen molar-refractivity contribution in [2.75, 3.05) is 5.88 Å². The van der Waals surface area contributed by atoms with Crippen molar-refractivity contribution < 1.29 is 4.79 Å². The summed E-state index contributed by atoms with van der Waals surface area (Å²) < 4.78 is 0. The summed E-state index contributed by atoms with van der Waals surface area (Å²) in [6, 6.07) is 7.91. The summed E-state index contributed by atoms with van der Waals surface area (Å²) in [4.78, 5) is 12.5. The zero-order valence-electron chi connectivity index (χ0n) is 13.3. The van der Waals surface area contributed by atoms with Crippen molar-refractivity contribution in [2.24, 2.45) is 5.92 Å². The van der Waals surface area contributed by atoms with E-state index in [0.29, 0.717) is 17.7 Å². The van der Waals surface area contributed by atoms with Gasteiger partial charge in [0.25, 0.3) is 5.91 Å². The van der Waals surface area contributed by atoms with Gasteiger partial charge in [0.05, 0.1) is 5.54 Å². The molecule has 21 heavy (non-hydrogen) atoms. The lowest BCUT2D eigenvalue weighted by Gasteiger charge is -2.39. The number of alkyl halides is 1. The highest BCUT2D eigenvalue weighted by Gasteiger charge is 2.35. The van der Waals surface area contributed by atoms with Crippen molar-refractivity contribution in [1.29, 1.82) is 0 Å². The number of nitrogens with one attached hydrogen (secondary N) is 1. The predicted octanol–water partition coefficient (Wildman–Crippen LogP) is 4.73. The van der Waals surface area contributed by atoms with Crippen molar-refractivity contribution in [2.45, 2.75) is 57.9 Å². The number of carbonyl (C=O) groups excluding carboxylic acids is 1. The number of amides is 1. The first kappa shape index (κ1) is 16.4. The number of halogens is 1. The smallest absolute Gasteiger partial charge is 0.251 e. The normalized spacial score (nSPS) is 25.9. The van der Waals surface area contributed by atoms with Crippen LogP contribution in [0.4, 0.5) is 0 Å². The van der Waals surface area contributed by atoms with Crippen LogP contribution >= 0.6 is 11.6 Å². The molecule has 0 aliphatic heterocycles. The Bertz CT molecular complexity index is 482. The SMILES string of the molecule is CC1CCCC(CCl)(NC(=O)c2ccc(C(C)C)cc2)C1. The molecule has 2 unspecified atom stereocenters. The Hall–Kier alpha value is -1.02. The average Bonchev–Trinajstić information content (AvgIpc) is 2.47. The minimum Gasteiger partial charge on any atom is -0.345 e. The minimum atomic E-state index is -0.229. The zero-order chi connectivity index (χ0) is 15.5. The fourth-order valence-electron chi connectivity index (χ4n) is 3.26. The van der Waals surface area contributed by atoms with Crippen LogP contribution in [0, 0.1) is 5.92 Å². The molecular formula is C18H26ClNO. The number of hydrogen-bond acceptors (Lipinski definition) is 1. The molecule has 0 radical (unpaired) electrons. The van der Waals surface area contributed by atoms with Crippen LogP contribution in [0.25, 0.3) is 0 Å². The van der Waals surface area contributed by atoms with Crippen LogP contribution in [0.15, 0.2) is 24.3 Å². The van der Waals surface area contributed by atoms with Crippen molar-refractivity contribution in [1.82, 2.24) is 5.32 Å². The molecule has 0 heterocycles. The first-order chi connectivity index (χ1) is 9.96. The second-order valence-corrected chi connectivity index (χ2v) is 7.11. The first-order valence-electron chi connectivity index (χ1n) is 7.94. The Morgan fingerprint density at radius 2 is 2.05 bits per heavy atom. The Balaban J connectivity index is 2.08. The molecule has 1 aromatic carbocycles. The first-order valence-corrected chi connectivity index (χ1v) is 8.48. The molecule has 116 valence electrons. The van der Waals surface area contributed by atoms with Crippen LogP contribution in [0.3, 0.4) is 0 Å².